The highest BCUT2D eigenvalue weighted by Crippen LogP contribution is 2.15. The number of aliphatic hydroxyl groups is 2. The van der Waals surface area contributed by atoms with E-state index in [4.69, 9.17) is 4.74 Å². The summed E-state index contributed by atoms with van der Waals surface area (Å²) in [5.41, 5.74) is 0. The van der Waals surface area contributed by atoms with Gasteiger partial charge in [-0.25, -0.2) is 0 Å². The second-order valence-corrected chi connectivity index (χ2v) is 8.60. The van der Waals surface area contributed by atoms with Crippen LogP contribution in [0.1, 0.15) is 136 Å². The van der Waals surface area contributed by atoms with E-state index >= 15 is 0 Å². The summed E-state index contributed by atoms with van der Waals surface area (Å²) in [4.78, 5) is 0. The Morgan fingerprint density at radius 3 is 1.39 bits per heavy atom. The molecule has 3 heteroatoms. The molecule has 0 aromatic rings. The van der Waals surface area contributed by atoms with Crippen LogP contribution in [-0.4, -0.2) is 35.6 Å². The molecule has 0 rings (SSSR count). The van der Waals surface area contributed by atoms with Gasteiger partial charge in [-0.2, -0.15) is 0 Å². The monoisotopic (exact) mass is 400 g/mol. The van der Waals surface area contributed by atoms with E-state index in [2.05, 4.69) is 13.8 Å². The predicted molar refractivity (Wildman–Crippen MR) is 122 cm³/mol. The zero-order valence-corrected chi connectivity index (χ0v) is 19.3. The lowest BCUT2D eigenvalue weighted by Crippen LogP contribution is -2.32. The Bertz CT molecular complexity index is 283. The molecule has 0 bridgehead atoms. The second-order valence-electron chi connectivity index (χ2n) is 8.60. The molecule has 0 radical (unpaired) electrons. The van der Waals surface area contributed by atoms with E-state index in [1.165, 1.54) is 103 Å². The average molecular weight is 401 g/mol. The Kier molecular flexibility index (Phi) is 23.1. The van der Waals surface area contributed by atoms with Crippen LogP contribution in [0.5, 0.6) is 0 Å². The Hall–Kier alpha value is -0.120. The Balaban J connectivity index is 3.41. The summed E-state index contributed by atoms with van der Waals surface area (Å²) < 4.78 is 5.87. The van der Waals surface area contributed by atoms with Gasteiger partial charge < -0.3 is 14.9 Å². The maximum Gasteiger partial charge on any atom is 0.103 e. The molecule has 0 aliphatic rings. The van der Waals surface area contributed by atoms with Crippen molar-refractivity contribution in [3.05, 3.63) is 0 Å². The molecule has 0 saturated carbocycles. The number of aliphatic hydroxyl groups excluding tert-OH is 2. The zero-order chi connectivity index (χ0) is 20.7. The second kappa shape index (κ2) is 23.2. The summed E-state index contributed by atoms with van der Waals surface area (Å²) in [5.74, 6) is 0. The largest absolute Gasteiger partial charge is 0.394 e. The first-order valence-electron chi connectivity index (χ1n) is 12.7. The molecule has 0 heterocycles. The van der Waals surface area contributed by atoms with Gasteiger partial charge >= 0.3 is 0 Å². The molecule has 2 atom stereocenters. The van der Waals surface area contributed by atoms with Gasteiger partial charge in [-0.3, -0.25) is 0 Å². The summed E-state index contributed by atoms with van der Waals surface area (Å²) in [5, 5.41) is 19.1. The van der Waals surface area contributed by atoms with E-state index in [1.807, 2.05) is 0 Å². The highest BCUT2D eigenvalue weighted by atomic mass is 16.5. The van der Waals surface area contributed by atoms with Gasteiger partial charge in [0.1, 0.15) is 6.10 Å². The molecule has 0 aliphatic carbocycles. The van der Waals surface area contributed by atoms with Gasteiger partial charge in [0.15, 0.2) is 0 Å². The summed E-state index contributed by atoms with van der Waals surface area (Å²) in [6.45, 7) is 5.00. The molecule has 2 N–H and O–H groups in total. The van der Waals surface area contributed by atoms with Gasteiger partial charge in [0.2, 0.25) is 0 Å². The van der Waals surface area contributed by atoms with Gasteiger partial charge in [0.05, 0.1) is 12.7 Å². The van der Waals surface area contributed by atoms with Gasteiger partial charge in [-0.1, -0.05) is 123 Å². The zero-order valence-electron chi connectivity index (χ0n) is 19.3. The number of hydrogen-bond donors (Lipinski definition) is 2. The number of rotatable bonds is 23. The molecule has 3 nitrogen and oxygen atoms in total. The van der Waals surface area contributed by atoms with Gasteiger partial charge in [-0.15, -0.1) is 0 Å². The van der Waals surface area contributed by atoms with E-state index in [0.717, 1.165) is 19.3 Å². The van der Waals surface area contributed by atoms with Crippen LogP contribution in [-0.2, 0) is 4.74 Å². The lowest BCUT2D eigenvalue weighted by atomic mass is 10.0. The SMILES string of the molecule is CCCCCCCCCCCCCCCCOC(CCCCCC)C(O)CO. The van der Waals surface area contributed by atoms with Gasteiger partial charge in [-0.05, 0) is 12.8 Å². The summed E-state index contributed by atoms with van der Waals surface area (Å²) >= 11 is 0. The highest BCUT2D eigenvalue weighted by Gasteiger charge is 2.18. The molecule has 170 valence electrons. The maximum atomic E-state index is 9.91. The van der Waals surface area contributed by atoms with Crippen LogP contribution in [0.4, 0.5) is 0 Å². The van der Waals surface area contributed by atoms with E-state index in [-0.39, 0.29) is 12.7 Å². The minimum Gasteiger partial charge on any atom is -0.394 e. The van der Waals surface area contributed by atoms with Crippen molar-refractivity contribution in [1.82, 2.24) is 0 Å². The molecular formula is C25H52O3. The molecule has 0 amide bonds. The summed E-state index contributed by atoms with van der Waals surface area (Å²) in [6.07, 6.45) is 23.7. The minimum atomic E-state index is -0.728. The number of unbranched alkanes of at least 4 members (excludes halogenated alkanes) is 16. The summed E-state index contributed by atoms with van der Waals surface area (Å²) in [6, 6.07) is 0. The third-order valence-electron chi connectivity index (χ3n) is 5.79. The Morgan fingerprint density at radius 1 is 0.571 bits per heavy atom. The summed E-state index contributed by atoms with van der Waals surface area (Å²) in [7, 11) is 0. The van der Waals surface area contributed by atoms with Crippen molar-refractivity contribution >= 4 is 0 Å². The minimum absolute atomic E-state index is 0.191. The first-order valence-corrected chi connectivity index (χ1v) is 12.7. The van der Waals surface area contributed by atoms with E-state index < -0.39 is 6.10 Å². The van der Waals surface area contributed by atoms with Crippen LogP contribution < -0.4 is 0 Å². The first-order chi connectivity index (χ1) is 13.8. The van der Waals surface area contributed by atoms with Crippen LogP contribution in [0.3, 0.4) is 0 Å². The van der Waals surface area contributed by atoms with Crippen molar-refractivity contribution in [1.29, 1.82) is 0 Å². The fourth-order valence-corrected chi connectivity index (χ4v) is 3.81. The molecule has 2 unspecified atom stereocenters. The maximum absolute atomic E-state index is 9.91. The third kappa shape index (κ3) is 19.2. The van der Waals surface area contributed by atoms with Gasteiger partial charge in [0.25, 0.3) is 0 Å². The molecule has 28 heavy (non-hydrogen) atoms. The van der Waals surface area contributed by atoms with Gasteiger partial charge in [0, 0.05) is 6.61 Å². The lowest BCUT2D eigenvalue weighted by molar-refractivity contribution is -0.0629. The van der Waals surface area contributed by atoms with Crippen LogP contribution in [0, 0.1) is 0 Å². The van der Waals surface area contributed by atoms with E-state index in [9.17, 15) is 10.2 Å². The van der Waals surface area contributed by atoms with Crippen molar-refractivity contribution in [3.63, 3.8) is 0 Å². The van der Waals surface area contributed by atoms with E-state index in [0.29, 0.717) is 6.61 Å². The molecule has 0 aromatic carbocycles. The van der Waals surface area contributed by atoms with E-state index in [1.54, 1.807) is 0 Å². The molecular weight excluding hydrogens is 348 g/mol. The van der Waals surface area contributed by atoms with Crippen molar-refractivity contribution < 1.29 is 14.9 Å². The smallest absolute Gasteiger partial charge is 0.103 e. The number of hydrogen-bond acceptors (Lipinski definition) is 3. The normalized spacial score (nSPS) is 13.7. The Morgan fingerprint density at radius 2 is 0.964 bits per heavy atom. The van der Waals surface area contributed by atoms with Crippen LogP contribution in [0.25, 0.3) is 0 Å². The average Bonchev–Trinajstić information content (AvgIpc) is 2.71. The molecule has 0 aromatic heterocycles. The fourth-order valence-electron chi connectivity index (χ4n) is 3.81. The van der Waals surface area contributed by atoms with Crippen LogP contribution in [0.2, 0.25) is 0 Å². The predicted octanol–water partition coefficient (Wildman–Crippen LogP) is 7.18. The first kappa shape index (κ1) is 27.9. The van der Waals surface area contributed by atoms with Crippen molar-refractivity contribution in [2.75, 3.05) is 13.2 Å². The Labute approximate surface area is 176 Å². The number of ether oxygens (including phenoxy) is 1. The topological polar surface area (TPSA) is 49.7 Å². The molecule has 0 aliphatic heterocycles. The third-order valence-corrected chi connectivity index (χ3v) is 5.79. The fraction of sp³-hybridized carbons (Fsp3) is 1.00. The van der Waals surface area contributed by atoms with Crippen molar-refractivity contribution in [2.24, 2.45) is 0 Å². The lowest BCUT2D eigenvalue weighted by Gasteiger charge is -2.22. The quantitative estimate of drug-likeness (QED) is 0.179. The van der Waals surface area contributed by atoms with Crippen LogP contribution >= 0.6 is 0 Å². The molecule has 0 fully saturated rings. The molecule has 0 spiro atoms. The van der Waals surface area contributed by atoms with Crippen LogP contribution in [0.15, 0.2) is 0 Å². The highest BCUT2D eigenvalue weighted by molar-refractivity contribution is 4.68. The standard InChI is InChI=1S/C25H52O3/c1-3-5-7-9-10-11-12-13-14-15-16-17-18-20-22-28-25(24(27)23-26)21-19-8-6-4-2/h24-27H,3-23H2,1-2H3. The van der Waals surface area contributed by atoms with Crippen molar-refractivity contribution in [3.8, 4) is 0 Å². The molecule has 0 saturated heterocycles. The van der Waals surface area contributed by atoms with Crippen molar-refractivity contribution in [2.45, 2.75) is 148 Å².